The number of rotatable bonds is 3. The first-order valence-corrected chi connectivity index (χ1v) is 6.10. The number of aryl methyl sites for hydroxylation is 1. The van der Waals surface area contributed by atoms with Crippen molar-refractivity contribution in [3.8, 4) is 5.75 Å². The summed E-state index contributed by atoms with van der Waals surface area (Å²) in [6.07, 6.45) is 2.05. The summed E-state index contributed by atoms with van der Waals surface area (Å²) in [4.78, 5) is 0. The average Bonchev–Trinajstić information content (AvgIpc) is 3.03. The first kappa shape index (κ1) is 12.4. The van der Waals surface area contributed by atoms with Gasteiger partial charge >= 0.3 is 0 Å². The van der Waals surface area contributed by atoms with Gasteiger partial charge in [0, 0.05) is 11.6 Å². The van der Waals surface area contributed by atoms with Crippen LogP contribution in [0.25, 0.3) is 0 Å². The summed E-state index contributed by atoms with van der Waals surface area (Å²) in [7, 11) is 1.71. The number of nitrogens with two attached hydrogens (primary N) is 2. The van der Waals surface area contributed by atoms with Crippen molar-refractivity contribution in [3.05, 3.63) is 28.3 Å². The number of methoxy groups -OCH3 is 1. The van der Waals surface area contributed by atoms with E-state index in [2.05, 4.69) is 26.8 Å². The lowest BCUT2D eigenvalue weighted by atomic mass is 9.90. The summed E-state index contributed by atoms with van der Waals surface area (Å²) in [5.74, 6) is 0.959. The molecule has 1 saturated carbocycles. The van der Waals surface area contributed by atoms with Gasteiger partial charge in [-0.25, -0.2) is 0 Å². The molecule has 0 heterocycles. The van der Waals surface area contributed by atoms with Crippen LogP contribution in [0.5, 0.6) is 5.75 Å². The Kier molecular flexibility index (Phi) is 2.92. The SMILES string of the molecule is COc1c(C)cc(C(N)C2(N)CC2)c(C)c1C. The maximum Gasteiger partial charge on any atom is 0.124 e. The van der Waals surface area contributed by atoms with E-state index in [0.29, 0.717) is 0 Å². The minimum Gasteiger partial charge on any atom is -0.496 e. The summed E-state index contributed by atoms with van der Waals surface area (Å²) < 4.78 is 5.42. The summed E-state index contributed by atoms with van der Waals surface area (Å²) in [6, 6.07) is 2.06. The topological polar surface area (TPSA) is 61.3 Å². The van der Waals surface area contributed by atoms with Crippen molar-refractivity contribution in [1.82, 2.24) is 0 Å². The van der Waals surface area contributed by atoms with Gasteiger partial charge in [0.25, 0.3) is 0 Å². The Morgan fingerprint density at radius 1 is 1.24 bits per heavy atom. The Morgan fingerprint density at radius 2 is 1.82 bits per heavy atom. The van der Waals surface area contributed by atoms with Gasteiger partial charge in [-0.2, -0.15) is 0 Å². The van der Waals surface area contributed by atoms with E-state index in [1.165, 1.54) is 16.7 Å². The predicted octanol–water partition coefficient (Wildman–Crippen LogP) is 2.11. The fraction of sp³-hybridized carbons (Fsp3) is 0.571. The highest BCUT2D eigenvalue weighted by Gasteiger charge is 2.45. The lowest BCUT2D eigenvalue weighted by Crippen LogP contribution is -2.36. The smallest absolute Gasteiger partial charge is 0.124 e. The molecule has 1 aliphatic carbocycles. The van der Waals surface area contributed by atoms with E-state index >= 15 is 0 Å². The maximum atomic E-state index is 6.30. The molecule has 1 atom stereocenters. The van der Waals surface area contributed by atoms with E-state index in [1.807, 2.05) is 0 Å². The van der Waals surface area contributed by atoms with Gasteiger partial charge in [0.05, 0.1) is 7.11 Å². The van der Waals surface area contributed by atoms with Crippen molar-refractivity contribution in [2.24, 2.45) is 11.5 Å². The molecule has 17 heavy (non-hydrogen) atoms. The molecule has 3 nitrogen and oxygen atoms in total. The first-order valence-electron chi connectivity index (χ1n) is 6.10. The van der Waals surface area contributed by atoms with Gasteiger partial charge in [0.2, 0.25) is 0 Å². The zero-order valence-corrected chi connectivity index (χ0v) is 11.1. The fourth-order valence-corrected chi connectivity index (χ4v) is 2.49. The highest BCUT2D eigenvalue weighted by molar-refractivity contribution is 5.50. The Morgan fingerprint density at radius 3 is 2.29 bits per heavy atom. The van der Waals surface area contributed by atoms with Gasteiger partial charge in [-0.15, -0.1) is 0 Å². The normalized spacial score (nSPS) is 18.9. The van der Waals surface area contributed by atoms with Crippen molar-refractivity contribution in [2.75, 3.05) is 7.11 Å². The maximum absolute atomic E-state index is 6.30. The van der Waals surface area contributed by atoms with Crippen LogP contribution >= 0.6 is 0 Å². The van der Waals surface area contributed by atoms with E-state index in [1.54, 1.807) is 7.11 Å². The molecule has 0 aliphatic heterocycles. The summed E-state index contributed by atoms with van der Waals surface area (Å²) in [5.41, 5.74) is 17.0. The minimum atomic E-state index is -0.182. The van der Waals surface area contributed by atoms with Crippen LogP contribution in [-0.4, -0.2) is 12.6 Å². The zero-order chi connectivity index (χ0) is 12.8. The monoisotopic (exact) mass is 234 g/mol. The second kappa shape index (κ2) is 4.00. The molecular weight excluding hydrogens is 212 g/mol. The van der Waals surface area contributed by atoms with E-state index in [4.69, 9.17) is 16.2 Å². The molecule has 94 valence electrons. The highest BCUT2D eigenvalue weighted by Crippen LogP contribution is 2.44. The average molecular weight is 234 g/mol. The van der Waals surface area contributed by atoms with Crippen LogP contribution in [-0.2, 0) is 0 Å². The van der Waals surface area contributed by atoms with E-state index < -0.39 is 0 Å². The molecule has 0 amide bonds. The number of hydrogen-bond donors (Lipinski definition) is 2. The minimum absolute atomic E-state index is 0.0641. The third kappa shape index (κ3) is 1.94. The molecule has 1 fully saturated rings. The second-order valence-electron chi connectivity index (χ2n) is 5.28. The molecule has 3 heteroatoms. The van der Waals surface area contributed by atoms with Crippen molar-refractivity contribution < 1.29 is 4.74 Å². The summed E-state index contributed by atoms with van der Waals surface area (Å²) >= 11 is 0. The van der Waals surface area contributed by atoms with Crippen LogP contribution in [0.15, 0.2) is 6.07 Å². The van der Waals surface area contributed by atoms with Gasteiger partial charge in [-0.05, 0) is 55.9 Å². The predicted molar refractivity (Wildman–Crippen MR) is 70.3 cm³/mol. The quantitative estimate of drug-likeness (QED) is 0.842. The first-order chi connectivity index (χ1) is 7.90. The number of hydrogen-bond acceptors (Lipinski definition) is 3. The molecule has 1 aromatic carbocycles. The van der Waals surface area contributed by atoms with Crippen LogP contribution in [0.4, 0.5) is 0 Å². The zero-order valence-electron chi connectivity index (χ0n) is 11.1. The van der Waals surface area contributed by atoms with E-state index in [0.717, 1.165) is 24.2 Å². The van der Waals surface area contributed by atoms with Crippen molar-refractivity contribution in [2.45, 2.75) is 45.2 Å². The van der Waals surface area contributed by atoms with E-state index in [-0.39, 0.29) is 11.6 Å². The van der Waals surface area contributed by atoms with Crippen LogP contribution in [0.2, 0.25) is 0 Å². The molecule has 0 spiro atoms. The molecule has 1 unspecified atom stereocenters. The molecule has 0 saturated heterocycles. The van der Waals surface area contributed by atoms with Crippen molar-refractivity contribution in [3.63, 3.8) is 0 Å². The summed E-state index contributed by atoms with van der Waals surface area (Å²) in [5, 5.41) is 0. The molecule has 2 rings (SSSR count). The number of benzene rings is 1. The third-order valence-electron chi connectivity index (χ3n) is 4.05. The highest BCUT2D eigenvalue weighted by atomic mass is 16.5. The second-order valence-corrected chi connectivity index (χ2v) is 5.28. The molecule has 0 bridgehead atoms. The van der Waals surface area contributed by atoms with Crippen LogP contribution in [0.3, 0.4) is 0 Å². The van der Waals surface area contributed by atoms with Crippen LogP contribution < -0.4 is 16.2 Å². The van der Waals surface area contributed by atoms with Gasteiger partial charge in [-0.1, -0.05) is 6.07 Å². The third-order valence-corrected chi connectivity index (χ3v) is 4.05. The largest absolute Gasteiger partial charge is 0.496 e. The Labute approximate surface area is 103 Å². The van der Waals surface area contributed by atoms with Crippen LogP contribution in [0, 0.1) is 20.8 Å². The van der Waals surface area contributed by atoms with Crippen molar-refractivity contribution >= 4 is 0 Å². The van der Waals surface area contributed by atoms with Gasteiger partial charge < -0.3 is 16.2 Å². The summed E-state index contributed by atoms with van der Waals surface area (Å²) in [6.45, 7) is 6.23. The molecule has 0 radical (unpaired) electrons. The molecule has 1 aliphatic rings. The fourth-order valence-electron chi connectivity index (χ4n) is 2.49. The molecular formula is C14H22N2O. The van der Waals surface area contributed by atoms with E-state index in [9.17, 15) is 0 Å². The molecule has 1 aromatic rings. The Balaban J connectivity index is 2.49. The van der Waals surface area contributed by atoms with Crippen molar-refractivity contribution in [1.29, 1.82) is 0 Å². The molecule has 0 aromatic heterocycles. The van der Waals surface area contributed by atoms with Crippen LogP contribution in [0.1, 0.15) is 41.1 Å². The van der Waals surface area contributed by atoms with Gasteiger partial charge in [-0.3, -0.25) is 0 Å². The lowest BCUT2D eigenvalue weighted by molar-refractivity contribution is 0.407. The lowest BCUT2D eigenvalue weighted by Gasteiger charge is -2.24. The Hall–Kier alpha value is -1.06. The Bertz CT molecular complexity index is 450. The van der Waals surface area contributed by atoms with Gasteiger partial charge in [0.15, 0.2) is 0 Å². The number of ether oxygens (including phenoxy) is 1. The van der Waals surface area contributed by atoms with Gasteiger partial charge in [0.1, 0.15) is 5.75 Å². The standard InChI is InChI=1S/C14H22N2O/c1-8-7-11(13(15)14(16)5-6-14)9(2)10(3)12(8)17-4/h7,13H,5-6,15-16H2,1-4H3. The molecule has 4 N–H and O–H groups in total.